The molecule has 1 atom stereocenters. The molecule has 2 aromatic carbocycles. The molecule has 7 heteroatoms. The molecule has 0 radical (unpaired) electrons. The van der Waals surface area contributed by atoms with Crippen LogP contribution in [0.5, 0.6) is 0 Å². The fourth-order valence-electron chi connectivity index (χ4n) is 4.29. The van der Waals surface area contributed by atoms with Crippen LogP contribution >= 0.6 is 0 Å². The zero-order valence-corrected chi connectivity index (χ0v) is 17.2. The van der Waals surface area contributed by atoms with Crippen molar-refractivity contribution >= 4 is 17.4 Å². The Morgan fingerprint density at radius 3 is 2.45 bits per heavy atom. The third-order valence-corrected chi connectivity index (χ3v) is 5.92. The molecule has 2 aliphatic rings. The Balaban J connectivity index is 1.67. The van der Waals surface area contributed by atoms with Gasteiger partial charge in [-0.15, -0.1) is 0 Å². The van der Waals surface area contributed by atoms with Gasteiger partial charge in [-0.25, -0.2) is 4.39 Å². The minimum Gasteiger partial charge on any atom is -0.507 e. The first-order chi connectivity index (χ1) is 15.1. The number of aliphatic hydroxyl groups is 1. The number of hydrogen-bond acceptors (Lipinski definition) is 4. The molecule has 0 aromatic heterocycles. The highest BCUT2D eigenvalue weighted by molar-refractivity contribution is 6.46. The molecule has 0 saturated carbocycles. The summed E-state index contributed by atoms with van der Waals surface area (Å²) in [4.78, 5) is 28.6. The summed E-state index contributed by atoms with van der Waals surface area (Å²) in [5.74, 6) is -2.29. The van der Waals surface area contributed by atoms with E-state index in [0.717, 1.165) is 19.6 Å². The maximum atomic E-state index is 14.7. The summed E-state index contributed by atoms with van der Waals surface area (Å²) >= 11 is 0. The van der Waals surface area contributed by atoms with Crippen LogP contribution in [0.15, 0.2) is 60.2 Å². The largest absolute Gasteiger partial charge is 0.507 e. The highest BCUT2D eigenvalue weighted by Crippen LogP contribution is 2.40. The van der Waals surface area contributed by atoms with Crippen LogP contribution < -0.4 is 4.90 Å². The molecule has 0 bridgehead atoms. The van der Waals surface area contributed by atoms with Crippen molar-refractivity contribution in [3.63, 3.8) is 0 Å². The molecular formula is C24H26FN2O4+. The minimum atomic E-state index is -0.957. The summed E-state index contributed by atoms with van der Waals surface area (Å²) in [6, 6.07) is 13.7. The number of nitrogens with one attached hydrogen (secondary N) is 1. The van der Waals surface area contributed by atoms with Crippen molar-refractivity contribution in [2.24, 2.45) is 0 Å². The molecular weight excluding hydrogens is 399 g/mol. The first-order valence-corrected chi connectivity index (χ1v) is 10.6. The summed E-state index contributed by atoms with van der Waals surface area (Å²) in [7, 11) is 0. The quantitative estimate of drug-likeness (QED) is 0.419. The van der Waals surface area contributed by atoms with Crippen molar-refractivity contribution < 1.29 is 28.7 Å². The van der Waals surface area contributed by atoms with Gasteiger partial charge in [0.25, 0.3) is 11.7 Å². The number of ether oxygens (including phenoxy) is 1. The van der Waals surface area contributed by atoms with Gasteiger partial charge < -0.3 is 19.6 Å². The van der Waals surface area contributed by atoms with Crippen LogP contribution in [-0.4, -0.2) is 61.1 Å². The number of ketones is 1. The van der Waals surface area contributed by atoms with Crippen LogP contribution in [0.1, 0.15) is 23.6 Å². The number of amides is 1. The zero-order chi connectivity index (χ0) is 21.8. The number of carbonyl (C=O) groups is 2. The molecule has 0 spiro atoms. The fraction of sp³-hybridized carbons (Fsp3) is 0.333. The van der Waals surface area contributed by atoms with Crippen molar-refractivity contribution in [2.75, 3.05) is 39.4 Å². The molecule has 0 unspecified atom stereocenters. The summed E-state index contributed by atoms with van der Waals surface area (Å²) in [5.41, 5.74) is 0.553. The van der Waals surface area contributed by atoms with E-state index in [9.17, 15) is 19.1 Å². The van der Waals surface area contributed by atoms with Crippen LogP contribution in [0.4, 0.5) is 4.39 Å². The van der Waals surface area contributed by atoms with Crippen LogP contribution in [0.2, 0.25) is 0 Å². The van der Waals surface area contributed by atoms with E-state index < -0.39 is 23.5 Å². The normalized spacial score (nSPS) is 21.6. The number of benzene rings is 2. The van der Waals surface area contributed by atoms with Gasteiger partial charge in [0.1, 0.15) is 24.7 Å². The number of likely N-dealkylation sites (tertiary alicyclic amines) is 1. The number of nitrogens with zero attached hydrogens (tertiary/aromatic N) is 1. The minimum absolute atomic E-state index is 0.0694. The molecule has 6 nitrogen and oxygen atoms in total. The average Bonchev–Trinajstić information content (AvgIpc) is 3.05. The van der Waals surface area contributed by atoms with Crippen molar-refractivity contribution in [3.8, 4) is 0 Å². The number of Topliss-reactive ketones (excluding diaryl/α,β-unsaturated/α-hetero) is 1. The maximum Gasteiger partial charge on any atom is 0.295 e. The van der Waals surface area contributed by atoms with Gasteiger partial charge in [0.05, 0.1) is 31.4 Å². The molecule has 2 fully saturated rings. The zero-order valence-electron chi connectivity index (χ0n) is 17.2. The summed E-state index contributed by atoms with van der Waals surface area (Å²) in [5, 5.41) is 10.9. The molecule has 162 valence electrons. The Hall–Kier alpha value is -3.03. The fourth-order valence-corrected chi connectivity index (χ4v) is 4.29. The molecule has 2 aliphatic heterocycles. The Labute approximate surface area is 180 Å². The molecule has 2 saturated heterocycles. The Kier molecular flexibility index (Phi) is 6.44. The average molecular weight is 425 g/mol. The van der Waals surface area contributed by atoms with E-state index in [1.807, 2.05) is 0 Å². The monoisotopic (exact) mass is 425 g/mol. The molecule has 4 rings (SSSR count). The topological polar surface area (TPSA) is 71.3 Å². The molecule has 2 N–H and O–H groups in total. The van der Waals surface area contributed by atoms with E-state index in [1.165, 1.54) is 15.9 Å². The van der Waals surface area contributed by atoms with Gasteiger partial charge in [0.2, 0.25) is 0 Å². The lowest BCUT2D eigenvalue weighted by atomic mass is 9.95. The number of aliphatic hydroxyl groups excluding tert-OH is 1. The van der Waals surface area contributed by atoms with E-state index in [1.54, 1.807) is 48.5 Å². The van der Waals surface area contributed by atoms with E-state index in [4.69, 9.17) is 4.74 Å². The van der Waals surface area contributed by atoms with Crippen molar-refractivity contribution in [2.45, 2.75) is 12.5 Å². The summed E-state index contributed by atoms with van der Waals surface area (Å²) in [6.45, 7) is 4.37. The number of hydrogen-bond donors (Lipinski definition) is 2. The lowest BCUT2D eigenvalue weighted by Crippen LogP contribution is -3.14. The van der Waals surface area contributed by atoms with Gasteiger partial charge >= 0.3 is 0 Å². The lowest BCUT2D eigenvalue weighted by Gasteiger charge is -2.27. The second kappa shape index (κ2) is 9.41. The second-order valence-electron chi connectivity index (χ2n) is 7.85. The highest BCUT2D eigenvalue weighted by Gasteiger charge is 2.46. The van der Waals surface area contributed by atoms with E-state index in [-0.39, 0.29) is 16.9 Å². The van der Waals surface area contributed by atoms with Crippen molar-refractivity contribution in [1.29, 1.82) is 0 Å². The summed E-state index contributed by atoms with van der Waals surface area (Å²) in [6.07, 6.45) is 0.665. The van der Waals surface area contributed by atoms with Gasteiger partial charge in [-0.1, -0.05) is 48.5 Å². The third kappa shape index (κ3) is 4.38. The first-order valence-electron chi connectivity index (χ1n) is 10.6. The number of rotatable bonds is 6. The molecule has 1 amide bonds. The van der Waals surface area contributed by atoms with Gasteiger partial charge in [-0.05, 0) is 6.07 Å². The molecule has 2 heterocycles. The smallest absolute Gasteiger partial charge is 0.295 e. The molecule has 2 aromatic rings. The number of halogens is 1. The van der Waals surface area contributed by atoms with Crippen molar-refractivity contribution in [3.05, 3.63) is 77.1 Å². The Morgan fingerprint density at radius 1 is 1.06 bits per heavy atom. The Bertz CT molecular complexity index is 986. The SMILES string of the molecule is O=C1C(=O)N(CCC[NH+]2CCOCC2)[C@@H](c2ccccc2F)C1=C(O)c1ccccc1. The van der Waals surface area contributed by atoms with Crippen LogP contribution in [0.25, 0.3) is 5.76 Å². The van der Waals surface area contributed by atoms with E-state index >= 15 is 0 Å². The van der Waals surface area contributed by atoms with Gasteiger partial charge in [-0.3, -0.25) is 9.59 Å². The molecule has 31 heavy (non-hydrogen) atoms. The van der Waals surface area contributed by atoms with E-state index in [2.05, 4.69) is 0 Å². The molecule has 0 aliphatic carbocycles. The first kappa shape index (κ1) is 21.2. The summed E-state index contributed by atoms with van der Waals surface area (Å²) < 4.78 is 20.1. The predicted molar refractivity (Wildman–Crippen MR) is 113 cm³/mol. The van der Waals surface area contributed by atoms with Crippen molar-refractivity contribution in [1.82, 2.24) is 4.90 Å². The van der Waals surface area contributed by atoms with Gasteiger partial charge in [-0.2, -0.15) is 0 Å². The predicted octanol–water partition coefficient (Wildman–Crippen LogP) is 1.55. The van der Waals surface area contributed by atoms with Crippen LogP contribution in [-0.2, 0) is 14.3 Å². The Morgan fingerprint density at radius 2 is 1.74 bits per heavy atom. The maximum absolute atomic E-state index is 14.7. The highest BCUT2D eigenvalue weighted by atomic mass is 19.1. The number of morpholine rings is 1. The number of carbonyl (C=O) groups excluding carboxylic acids is 2. The second-order valence-corrected chi connectivity index (χ2v) is 7.85. The third-order valence-electron chi connectivity index (χ3n) is 5.92. The number of quaternary nitrogens is 1. The van der Waals surface area contributed by atoms with Gasteiger partial charge in [0.15, 0.2) is 0 Å². The van der Waals surface area contributed by atoms with E-state index in [0.29, 0.717) is 31.7 Å². The van der Waals surface area contributed by atoms with Crippen LogP contribution in [0.3, 0.4) is 0 Å². The van der Waals surface area contributed by atoms with Crippen LogP contribution in [0, 0.1) is 5.82 Å². The lowest BCUT2D eigenvalue weighted by molar-refractivity contribution is -0.908. The van der Waals surface area contributed by atoms with Gasteiger partial charge in [0, 0.05) is 24.1 Å². The standard InChI is InChI=1S/C24H25FN2O4/c25-19-10-5-4-9-18(19)21-20(22(28)17-7-2-1-3-8-17)23(29)24(30)27(21)12-6-11-26-13-15-31-16-14-26/h1-5,7-10,21,28H,6,11-16H2/p+1/t21-/m0/s1.